The SMILES string of the molecule is COc1ccc(NCc2cnc(Cl)s2)cc1F. The number of halogens is 2. The number of nitrogens with zero attached hydrogens (tertiary/aromatic N) is 1. The number of anilines is 1. The Hall–Kier alpha value is -1.33. The summed E-state index contributed by atoms with van der Waals surface area (Å²) in [5, 5.41) is 3.08. The average Bonchev–Trinajstić information content (AvgIpc) is 2.73. The second kappa shape index (κ2) is 5.33. The van der Waals surface area contributed by atoms with Crippen molar-refractivity contribution in [1.82, 2.24) is 4.98 Å². The molecule has 6 heteroatoms. The summed E-state index contributed by atoms with van der Waals surface area (Å²) in [4.78, 5) is 4.92. The number of benzene rings is 1. The van der Waals surface area contributed by atoms with Crippen LogP contribution in [0.2, 0.25) is 4.47 Å². The Bertz CT molecular complexity index is 518. The van der Waals surface area contributed by atoms with E-state index in [0.29, 0.717) is 16.7 Å². The average molecular weight is 273 g/mol. The zero-order valence-electron chi connectivity index (χ0n) is 9.04. The van der Waals surface area contributed by atoms with Crippen molar-refractivity contribution in [2.45, 2.75) is 6.54 Å². The highest BCUT2D eigenvalue weighted by atomic mass is 35.5. The molecule has 0 radical (unpaired) electrons. The van der Waals surface area contributed by atoms with Crippen molar-refractivity contribution in [2.24, 2.45) is 0 Å². The Morgan fingerprint density at radius 3 is 2.94 bits per heavy atom. The van der Waals surface area contributed by atoms with Gasteiger partial charge in [0.2, 0.25) is 0 Å². The number of ether oxygens (including phenoxy) is 1. The fourth-order valence-electron chi connectivity index (χ4n) is 1.33. The van der Waals surface area contributed by atoms with E-state index in [0.717, 1.165) is 4.88 Å². The Kier molecular flexibility index (Phi) is 3.81. The van der Waals surface area contributed by atoms with Crippen LogP contribution in [-0.4, -0.2) is 12.1 Å². The molecule has 0 saturated heterocycles. The molecule has 17 heavy (non-hydrogen) atoms. The largest absolute Gasteiger partial charge is 0.494 e. The van der Waals surface area contributed by atoms with E-state index in [1.807, 2.05) is 0 Å². The maximum atomic E-state index is 13.4. The first kappa shape index (κ1) is 12.1. The van der Waals surface area contributed by atoms with Crippen LogP contribution in [0.1, 0.15) is 4.88 Å². The first-order valence-electron chi connectivity index (χ1n) is 4.86. The normalized spacial score (nSPS) is 10.3. The van der Waals surface area contributed by atoms with E-state index in [4.69, 9.17) is 16.3 Å². The van der Waals surface area contributed by atoms with Crippen molar-refractivity contribution in [3.8, 4) is 5.75 Å². The summed E-state index contributed by atoms with van der Waals surface area (Å²) < 4.78 is 18.7. The van der Waals surface area contributed by atoms with Gasteiger partial charge in [-0.05, 0) is 12.1 Å². The van der Waals surface area contributed by atoms with Crippen molar-refractivity contribution in [3.05, 3.63) is 39.6 Å². The second-order valence-electron chi connectivity index (χ2n) is 3.28. The van der Waals surface area contributed by atoms with Crippen LogP contribution in [0.4, 0.5) is 10.1 Å². The van der Waals surface area contributed by atoms with E-state index in [1.54, 1.807) is 18.3 Å². The van der Waals surface area contributed by atoms with Gasteiger partial charge in [-0.2, -0.15) is 0 Å². The topological polar surface area (TPSA) is 34.1 Å². The molecule has 3 nitrogen and oxygen atoms in total. The molecule has 2 aromatic rings. The predicted octanol–water partition coefficient (Wildman–Crippen LogP) is 3.56. The summed E-state index contributed by atoms with van der Waals surface area (Å²) in [7, 11) is 1.44. The molecule has 0 aliphatic rings. The molecule has 0 unspecified atom stereocenters. The van der Waals surface area contributed by atoms with Crippen molar-refractivity contribution in [3.63, 3.8) is 0 Å². The van der Waals surface area contributed by atoms with Gasteiger partial charge in [0.05, 0.1) is 13.7 Å². The van der Waals surface area contributed by atoms with E-state index in [-0.39, 0.29) is 11.6 Å². The number of thiazole rings is 1. The fraction of sp³-hybridized carbons (Fsp3) is 0.182. The van der Waals surface area contributed by atoms with Crippen LogP contribution in [0.5, 0.6) is 5.75 Å². The lowest BCUT2D eigenvalue weighted by Gasteiger charge is -2.06. The Balaban J connectivity index is 2.02. The zero-order valence-corrected chi connectivity index (χ0v) is 10.6. The van der Waals surface area contributed by atoms with Gasteiger partial charge in [0.15, 0.2) is 16.0 Å². The molecule has 1 N–H and O–H groups in total. The van der Waals surface area contributed by atoms with Crippen LogP contribution >= 0.6 is 22.9 Å². The molecule has 1 aromatic carbocycles. The predicted molar refractivity (Wildman–Crippen MR) is 67.4 cm³/mol. The first-order chi connectivity index (χ1) is 8.19. The van der Waals surface area contributed by atoms with Gasteiger partial charge in [-0.1, -0.05) is 11.6 Å². The molecule has 0 aliphatic heterocycles. The molecule has 1 heterocycles. The van der Waals surface area contributed by atoms with Crippen LogP contribution < -0.4 is 10.1 Å². The molecule has 0 aliphatic carbocycles. The number of hydrogen-bond donors (Lipinski definition) is 1. The summed E-state index contributed by atoms with van der Waals surface area (Å²) in [6.07, 6.45) is 1.69. The lowest BCUT2D eigenvalue weighted by Crippen LogP contribution is -1.98. The summed E-state index contributed by atoms with van der Waals surface area (Å²) >= 11 is 7.10. The maximum Gasteiger partial charge on any atom is 0.183 e. The van der Waals surface area contributed by atoms with Gasteiger partial charge in [0, 0.05) is 22.8 Å². The van der Waals surface area contributed by atoms with Crippen LogP contribution in [0.25, 0.3) is 0 Å². The van der Waals surface area contributed by atoms with Crippen molar-refractivity contribution < 1.29 is 9.13 Å². The minimum Gasteiger partial charge on any atom is -0.494 e. The van der Waals surface area contributed by atoms with E-state index < -0.39 is 0 Å². The molecule has 90 valence electrons. The molecule has 2 rings (SSSR count). The Morgan fingerprint density at radius 1 is 1.53 bits per heavy atom. The zero-order chi connectivity index (χ0) is 12.3. The van der Waals surface area contributed by atoms with Gasteiger partial charge in [-0.25, -0.2) is 9.37 Å². The quantitative estimate of drug-likeness (QED) is 0.924. The molecule has 0 amide bonds. The third-order valence-corrected chi connectivity index (χ3v) is 3.26. The highest BCUT2D eigenvalue weighted by molar-refractivity contribution is 7.15. The molecule has 0 saturated carbocycles. The fourth-order valence-corrected chi connectivity index (χ4v) is 2.25. The van der Waals surface area contributed by atoms with Gasteiger partial charge in [-0.3, -0.25) is 0 Å². The third-order valence-electron chi connectivity index (χ3n) is 2.14. The molecule has 0 spiro atoms. The lowest BCUT2D eigenvalue weighted by molar-refractivity contribution is 0.386. The first-order valence-corrected chi connectivity index (χ1v) is 6.06. The number of rotatable bonds is 4. The van der Waals surface area contributed by atoms with Crippen LogP contribution in [0, 0.1) is 5.82 Å². The van der Waals surface area contributed by atoms with Crippen LogP contribution in [-0.2, 0) is 6.54 Å². The standard InChI is InChI=1S/C11H10ClFN2OS/c1-16-10-3-2-7(4-9(10)13)14-5-8-6-15-11(12)17-8/h2-4,6,14H,5H2,1H3. The molecular formula is C11H10ClFN2OS. The van der Waals surface area contributed by atoms with Crippen LogP contribution in [0.15, 0.2) is 24.4 Å². The molecule has 0 bridgehead atoms. The van der Waals surface area contributed by atoms with Crippen molar-refractivity contribution >= 4 is 28.6 Å². The van der Waals surface area contributed by atoms with Gasteiger partial charge in [-0.15, -0.1) is 11.3 Å². The molecular weight excluding hydrogens is 263 g/mol. The summed E-state index contributed by atoms with van der Waals surface area (Å²) in [6.45, 7) is 0.566. The number of hydrogen-bond acceptors (Lipinski definition) is 4. The minimum atomic E-state index is -0.389. The molecule has 1 aromatic heterocycles. The van der Waals surface area contributed by atoms with E-state index in [1.165, 1.54) is 24.5 Å². The van der Waals surface area contributed by atoms with Gasteiger partial charge < -0.3 is 10.1 Å². The van der Waals surface area contributed by atoms with E-state index >= 15 is 0 Å². The van der Waals surface area contributed by atoms with Gasteiger partial charge in [0.25, 0.3) is 0 Å². The Morgan fingerprint density at radius 2 is 2.35 bits per heavy atom. The third kappa shape index (κ3) is 3.08. The number of aromatic nitrogens is 1. The summed E-state index contributed by atoms with van der Waals surface area (Å²) in [5.74, 6) is -0.156. The molecule has 0 atom stereocenters. The number of methoxy groups -OCH3 is 1. The maximum absolute atomic E-state index is 13.4. The monoisotopic (exact) mass is 272 g/mol. The lowest BCUT2D eigenvalue weighted by atomic mass is 10.3. The highest BCUT2D eigenvalue weighted by Gasteiger charge is 2.04. The Labute approximate surface area is 107 Å². The van der Waals surface area contributed by atoms with Crippen molar-refractivity contribution in [1.29, 1.82) is 0 Å². The van der Waals surface area contributed by atoms with E-state index in [9.17, 15) is 4.39 Å². The van der Waals surface area contributed by atoms with Gasteiger partial charge >= 0.3 is 0 Å². The van der Waals surface area contributed by atoms with Crippen LogP contribution in [0.3, 0.4) is 0 Å². The smallest absolute Gasteiger partial charge is 0.183 e. The minimum absolute atomic E-state index is 0.233. The highest BCUT2D eigenvalue weighted by Crippen LogP contribution is 2.22. The molecule has 0 fully saturated rings. The van der Waals surface area contributed by atoms with E-state index in [2.05, 4.69) is 10.3 Å². The van der Waals surface area contributed by atoms with Crippen molar-refractivity contribution in [2.75, 3.05) is 12.4 Å². The summed E-state index contributed by atoms with van der Waals surface area (Å²) in [5.41, 5.74) is 0.688. The van der Waals surface area contributed by atoms with Gasteiger partial charge in [0.1, 0.15) is 0 Å². The number of nitrogens with one attached hydrogen (secondary N) is 1. The summed E-state index contributed by atoms with van der Waals surface area (Å²) in [6, 6.07) is 4.73. The second-order valence-corrected chi connectivity index (χ2v) is 4.98.